The summed E-state index contributed by atoms with van der Waals surface area (Å²) in [5, 5.41) is 2.74. The molecular formula is C15H23N3O3S. The number of amides is 1. The van der Waals surface area contributed by atoms with E-state index in [2.05, 4.69) is 5.32 Å². The quantitative estimate of drug-likeness (QED) is 0.878. The summed E-state index contributed by atoms with van der Waals surface area (Å²) in [7, 11) is -3.21. The van der Waals surface area contributed by atoms with Gasteiger partial charge in [0.15, 0.2) is 0 Å². The van der Waals surface area contributed by atoms with Gasteiger partial charge in [-0.15, -0.1) is 0 Å². The van der Waals surface area contributed by atoms with Gasteiger partial charge < -0.3 is 11.1 Å². The molecule has 2 rings (SSSR count). The molecule has 1 amide bonds. The smallest absolute Gasteiger partial charge is 0.241 e. The molecular weight excluding hydrogens is 302 g/mol. The maximum atomic E-state index is 12.0. The van der Waals surface area contributed by atoms with Crippen LogP contribution >= 0.6 is 0 Å². The maximum absolute atomic E-state index is 12.0. The van der Waals surface area contributed by atoms with Crippen LogP contribution in [0.1, 0.15) is 26.7 Å². The van der Waals surface area contributed by atoms with Gasteiger partial charge >= 0.3 is 0 Å². The third-order valence-electron chi connectivity index (χ3n) is 3.79. The highest BCUT2D eigenvalue weighted by molar-refractivity contribution is 7.92. The summed E-state index contributed by atoms with van der Waals surface area (Å²) in [5.41, 5.74) is 7.03. The molecule has 1 saturated heterocycles. The lowest BCUT2D eigenvalue weighted by Crippen LogP contribution is -2.39. The molecule has 6 nitrogen and oxygen atoms in total. The fraction of sp³-hybridized carbons (Fsp3) is 0.533. The van der Waals surface area contributed by atoms with E-state index in [0.29, 0.717) is 24.3 Å². The molecule has 0 aromatic heterocycles. The number of carbonyl (C=O) groups is 1. The van der Waals surface area contributed by atoms with E-state index >= 15 is 0 Å². The molecule has 0 saturated carbocycles. The number of anilines is 2. The Bertz CT molecular complexity index is 626. The Hall–Kier alpha value is -1.60. The van der Waals surface area contributed by atoms with E-state index in [0.717, 1.165) is 6.42 Å². The molecule has 0 unspecified atom stereocenters. The zero-order valence-electron chi connectivity index (χ0n) is 13.0. The van der Waals surface area contributed by atoms with Crippen LogP contribution in [-0.2, 0) is 14.8 Å². The van der Waals surface area contributed by atoms with Crippen LogP contribution in [-0.4, -0.2) is 32.7 Å². The number of hydrogen-bond acceptors (Lipinski definition) is 4. The fourth-order valence-corrected chi connectivity index (χ4v) is 3.96. The first-order valence-electron chi connectivity index (χ1n) is 7.48. The van der Waals surface area contributed by atoms with Gasteiger partial charge in [-0.25, -0.2) is 8.42 Å². The second-order valence-corrected chi connectivity index (χ2v) is 7.91. The zero-order chi connectivity index (χ0) is 16.3. The van der Waals surface area contributed by atoms with E-state index in [4.69, 9.17) is 5.73 Å². The largest absolute Gasteiger partial charge is 0.325 e. The minimum Gasteiger partial charge on any atom is -0.325 e. The summed E-state index contributed by atoms with van der Waals surface area (Å²) in [6, 6.07) is 6.25. The SMILES string of the molecule is CC(C)[C@H](N)C(=O)Nc1ccc(N2CCCCS2(=O)=O)cc1. The molecule has 1 heterocycles. The van der Waals surface area contributed by atoms with Gasteiger partial charge in [0, 0.05) is 12.2 Å². The van der Waals surface area contributed by atoms with Crippen molar-refractivity contribution in [2.75, 3.05) is 21.9 Å². The number of rotatable bonds is 4. The average molecular weight is 325 g/mol. The molecule has 1 aliphatic heterocycles. The molecule has 1 aromatic carbocycles. The van der Waals surface area contributed by atoms with Crippen LogP contribution < -0.4 is 15.4 Å². The first kappa shape index (κ1) is 16.8. The highest BCUT2D eigenvalue weighted by Crippen LogP contribution is 2.25. The Balaban J connectivity index is 2.09. The summed E-state index contributed by atoms with van der Waals surface area (Å²) in [4.78, 5) is 11.9. The molecule has 7 heteroatoms. The number of nitrogens with two attached hydrogens (primary N) is 1. The van der Waals surface area contributed by atoms with Crippen LogP contribution in [0.3, 0.4) is 0 Å². The molecule has 1 aliphatic rings. The second kappa shape index (κ2) is 6.66. The normalized spacial score (nSPS) is 19.0. The van der Waals surface area contributed by atoms with Crippen LogP contribution in [0.15, 0.2) is 24.3 Å². The lowest BCUT2D eigenvalue weighted by Gasteiger charge is -2.28. The molecule has 1 atom stereocenters. The van der Waals surface area contributed by atoms with Gasteiger partial charge in [-0.1, -0.05) is 13.8 Å². The average Bonchev–Trinajstić information content (AvgIpc) is 2.47. The number of benzene rings is 1. The number of hydrogen-bond donors (Lipinski definition) is 2. The van der Waals surface area contributed by atoms with Crippen molar-refractivity contribution in [3.05, 3.63) is 24.3 Å². The first-order chi connectivity index (χ1) is 10.3. The Morgan fingerprint density at radius 1 is 1.23 bits per heavy atom. The summed E-state index contributed by atoms with van der Waals surface area (Å²) >= 11 is 0. The van der Waals surface area contributed by atoms with E-state index in [-0.39, 0.29) is 17.6 Å². The predicted molar refractivity (Wildman–Crippen MR) is 88.3 cm³/mol. The molecule has 1 fully saturated rings. The first-order valence-corrected chi connectivity index (χ1v) is 9.09. The molecule has 3 N–H and O–H groups in total. The predicted octanol–water partition coefficient (Wildman–Crippen LogP) is 1.54. The van der Waals surface area contributed by atoms with Crippen molar-refractivity contribution in [3.63, 3.8) is 0 Å². The van der Waals surface area contributed by atoms with Gasteiger partial charge in [0.2, 0.25) is 15.9 Å². The van der Waals surface area contributed by atoms with E-state index in [1.807, 2.05) is 13.8 Å². The van der Waals surface area contributed by atoms with Gasteiger partial charge in [0.05, 0.1) is 17.5 Å². The molecule has 0 aliphatic carbocycles. The molecule has 0 bridgehead atoms. The van der Waals surface area contributed by atoms with Crippen molar-refractivity contribution in [2.24, 2.45) is 11.7 Å². The highest BCUT2D eigenvalue weighted by atomic mass is 32.2. The van der Waals surface area contributed by atoms with E-state index in [1.54, 1.807) is 24.3 Å². The molecule has 0 radical (unpaired) electrons. The fourth-order valence-electron chi connectivity index (χ4n) is 2.32. The number of sulfonamides is 1. The number of carbonyl (C=O) groups excluding carboxylic acids is 1. The number of nitrogens with zero attached hydrogens (tertiary/aromatic N) is 1. The minimum atomic E-state index is -3.21. The van der Waals surface area contributed by atoms with E-state index in [1.165, 1.54) is 4.31 Å². The van der Waals surface area contributed by atoms with Crippen LogP contribution in [0.4, 0.5) is 11.4 Å². The summed E-state index contributed by atoms with van der Waals surface area (Å²) in [6.07, 6.45) is 1.57. The van der Waals surface area contributed by atoms with Crippen LogP contribution in [0, 0.1) is 5.92 Å². The standard InChI is InChI=1S/C15H23N3O3S/c1-11(2)14(16)15(19)17-12-5-7-13(8-6-12)18-9-3-4-10-22(18,20)21/h5-8,11,14H,3-4,9-10,16H2,1-2H3,(H,17,19)/t14-/m0/s1. The molecule has 1 aromatic rings. The van der Waals surface area contributed by atoms with Gasteiger partial charge in [-0.05, 0) is 43.0 Å². The Morgan fingerprint density at radius 3 is 2.41 bits per heavy atom. The zero-order valence-corrected chi connectivity index (χ0v) is 13.8. The highest BCUT2D eigenvalue weighted by Gasteiger charge is 2.26. The lowest BCUT2D eigenvalue weighted by molar-refractivity contribution is -0.118. The third kappa shape index (κ3) is 3.78. The van der Waals surface area contributed by atoms with Crippen molar-refractivity contribution >= 4 is 27.3 Å². The van der Waals surface area contributed by atoms with Crippen molar-refractivity contribution in [1.82, 2.24) is 0 Å². The monoisotopic (exact) mass is 325 g/mol. The second-order valence-electron chi connectivity index (χ2n) is 5.90. The van der Waals surface area contributed by atoms with Crippen molar-refractivity contribution in [3.8, 4) is 0 Å². The van der Waals surface area contributed by atoms with E-state index < -0.39 is 16.1 Å². The van der Waals surface area contributed by atoms with Gasteiger partial charge in [-0.2, -0.15) is 0 Å². The van der Waals surface area contributed by atoms with Crippen LogP contribution in [0.25, 0.3) is 0 Å². The van der Waals surface area contributed by atoms with Crippen LogP contribution in [0.5, 0.6) is 0 Å². The van der Waals surface area contributed by atoms with Crippen LogP contribution in [0.2, 0.25) is 0 Å². The van der Waals surface area contributed by atoms with Crippen molar-refractivity contribution in [2.45, 2.75) is 32.7 Å². The summed E-state index contributed by atoms with van der Waals surface area (Å²) in [5.74, 6) is 0.000429. The minimum absolute atomic E-state index is 0.0535. The number of nitrogens with one attached hydrogen (secondary N) is 1. The van der Waals surface area contributed by atoms with Gasteiger partial charge in [0.1, 0.15) is 0 Å². The molecule has 0 spiro atoms. The third-order valence-corrected chi connectivity index (χ3v) is 5.66. The molecule has 22 heavy (non-hydrogen) atoms. The summed E-state index contributed by atoms with van der Waals surface area (Å²) < 4.78 is 25.5. The van der Waals surface area contributed by atoms with Gasteiger partial charge in [0.25, 0.3) is 0 Å². The lowest BCUT2D eigenvalue weighted by atomic mass is 10.0. The summed E-state index contributed by atoms with van der Waals surface area (Å²) in [6.45, 7) is 4.27. The Kier molecular flexibility index (Phi) is 5.08. The van der Waals surface area contributed by atoms with Gasteiger partial charge in [-0.3, -0.25) is 9.10 Å². The Labute approximate surface area is 131 Å². The maximum Gasteiger partial charge on any atom is 0.241 e. The Morgan fingerprint density at radius 2 is 1.86 bits per heavy atom. The topological polar surface area (TPSA) is 92.5 Å². The molecule has 122 valence electrons. The van der Waals surface area contributed by atoms with E-state index in [9.17, 15) is 13.2 Å². The van der Waals surface area contributed by atoms with Crippen molar-refractivity contribution in [1.29, 1.82) is 0 Å². The van der Waals surface area contributed by atoms with Crippen molar-refractivity contribution < 1.29 is 13.2 Å².